The van der Waals surface area contributed by atoms with Gasteiger partial charge in [0, 0.05) is 63.4 Å². The Kier molecular flexibility index (Phi) is 8.73. The molecule has 0 unspecified atom stereocenters. The van der Waals surface area contributed by atoms with Gasteiger partial charge < -0.3 is 24.3 Å². The van der Waals surface area contributed by atoms with Crippen LogP contribution in [-0.4, -0.2) is 59.5 Å². The second-order valence-corrected chi connectivity index (χ2v) is 8.30. The summed E-state index contributed by atoms with van der Waals surface area (Å²) in [7, 11) is 3.44. The molecule has 2 aromatic rings. The van der Waals surface area contributed by atoms with E-state index in [-0.39, 0.29) is 30.6 Å². The van der Waals surface area contributed by atoms with Gasteiger partial charge in [-0.25, -0.2) is 9.97 Å². The minimum atomic E-state index is -4.72. The number of methoxy groups -OCH3 is 1. The summed E-state index contributed by atoms with van der Waals surface area (Å²) < 4.78 is 52.0. The van der Waals surface area contributed by atoms with Gasteiger partial charge in [0.15, 0.2) is 5.76 Å². The monoisotopic (exact) mass is 516 g/mol. The fourth-order valence-corrected chi connectivity index (χ4v) is 3.56. The van der Waals surface area contributed by atoms with Crippen LogP contribution >= 0.6 is 0 Å². The number of nitriles is 1. The predicted molar refractivity (Wildman–Crippen MR) is 130 cm³/mol. The number of amides is 1. The molecule has 9 nitrogen and oxygen atoms in total. The van der Waals surface area contributed by atoms with Crippen molar-refractivity contribution in [3.05, 3.63) is 65.9 Å². The van der Waals surface area contributed by atoms with Gasteiger partial charge in [0.1, 0.15) is 23.4 Å². The Morgan fingerprint density at radius 2 is 2.16 bits per heavy atom. The van der Waals surface area contributed by atoms with E-state index < -0.39 is 17.4 Å². The number of nitrogens with zero attached hydrogens (tertiary/aromatic N) is 5. The van der Waals surface area contributed by atoms with Crippen molar-refractivity contribution in [1.82, 2.24) is 19.8 Å². The molecule has 0 aromatic carbocycles. The number of carbonyl (C=O) groups excluding carboxylic acids is 1. The number of anilines is 1. The maximum atomic E-state index is 13.8. The topological polar surface area (TPSA) is 108 Å². The number of furan rings is 1. The largest absolute Gasteiger partial charge is 0.459 e. The van der Waals surface area contributed by atoms with E-state index in [2.05, 4.69) is 28.4 Å². The first-order chi connectivity index (χ1) is 17.5. The van der Waals surface area contributed by atoms with Gasteiger partial charge in [-0.15, -0.1) is 0 Å². The first-order valence-corrected chi connectivity index (χ1v) is 11.3. The Hall–Kier alpha value is -4.11. The first-order valence-electron chi connectivity index (χ1n) is 11.3. The second kappa shape index (κ2) is 11.7. The van der Waals surface area contributed by atoms with Gasteiger partial charge in [-0.3, -0.25) is 4.79 Å². The maximum Gasteiger partial charge on any atom is 0.420 e. The summed E-state index contributed by atoms with van der Waals surface area (Å²) in [5.74, 6) is -0.0666. The molecule has 3 rings (SSSR count). The van der Waals surface area contributed by atoms with E-state index >= 15 is 0 Å². The third kappa shape index (κ3) is 6.98. The number of carbonyl (C=O) groups is 1. The molecule has 196 valence electrons. The number of alkyl halides is 3. The van der Waals surface area contributed by atoms with E-state index in [4.69, 9.17) is 14.4 Å². The van der Waals surface area contributed by atoms with Crippen molar-refractivity contribution in [1.29, 1.82) is 5.26 Å². The van der Waals surface area contributed by atoms with Gasteiger partial charge >= 0.3 is 6.18 Å². The molecule has 0 bridgehead atoms. The third-order valence-corrected chi connectivity index (χ3v) is 5.65. The van der Waals surface area contributed by atoms with Crippen LogP contribution in [-0.2, 0) is 28.7 Å². The first kappa shape index (κ1) is 27.5. The Bertz CT molecular complexity index is 1250. The van der Waals surface area contributed by atoms with E-state index in [9.17, 15) is 18.0 Å². The number of ether oxygens (including phenoxy) is 1. The van der Waals surface area contributed by atoms with Crippen LogP contribution in [0.25, 0.3) is 11.5 Å². The molecule has 1 aliphatic rings. The van der Waals surface area contributed by atoms with Crippen LogP contribution < -0.4 is 5.32 Å². The van der Waals surface area contributed by atoms with Crippen molar-refractivity contribution in [2.24, 2.45) is 0 Å². The SMILES string of the molecule is C=C(/C=C\C(=C)N(C)CCOC)Nc1ncc(C(F)(F)F)c(-c2cc3c(o2)CCN(C(=O)CC#N)C3)n1. The number of rotatable bonds is 10. The van der Waals surface area contributed by atoms with Crippen LogP contribution in [0.4, 0.5) is 19.1 Å². The number of fused-ring (bicyclic) bond motifs is 1. The molecule has 12 heteroatoms. The number of hydrogen-bond donors (Lipinski definition) is 1. The van der Waals surface area contributed by atoms with E-state index in [1.165, 1.54) is 11.0 Å². The summed E-state index contributed by atoms with van der Waals surface area (Å²) in [5, 5.41) is 11.5. The lowest BCUT2D eigenvalue weighted by Crippen LogP contribution is -2.35. The summed E-state index contributed by atoms with van der Waals surface area (Å²) in [6, 6.07) is 3.25. The zero-order valence-electron chi connectivity index (χ0n) is 20.6. The molecule has 3 heterocycles. The average Bonchev–Trinajstić information content (AvgIpc) is 3.28. The van der Waals surface area contributed by atoms with Crippen LogP contribution in [0.1, 0.15) is 23.3 Å². The van der Waals surface area contributed by atoms with Gasteiger partial charge in [0.2, 0.25) is 11.9 Å². The number of hydrogen-bond acceptors (Lipinski definition) is 8. The van der Waals surface area contributed by atoms with Crippen molar-refractivity contribution in [2.45, 2.75) is 25.6 Å². The second-order valence-electron chi connectivity index (χ2n) is 8.30. The third-order valence-electron chi connectivity index (χ3n) is 5.65. The highest BCUT2D eigenvalue weighted by Gasteiger charge is 2.37. The average molecular weight is 517 g/mol. The lowest BCUT2D eigenvalue weighted by molar-refractivity contribution is -0.137. The van der Waals surface area contributed by atoms with E-state index in [1.807, 2.05) is 11.9 Å². The van der Waals surface area contributed by atoms with Crippen LogP contribution in [0.15, 0.2) is 53.4 Å². The summed E-state index contributed by atoms with van der Waals surface area (Å²) in [4.78, 5) is 23.3. The van der Waals surface area contributed by atoms with Gasteiger partial charge in [-0.2, -0.15) is 18.4 Å². The highest BCUT2D eigenvalue weighted by molar-refractivity contribution is 5.78. The van der Waals surface area contributed by atoms with Crippen LogP contribution in [0, 0.1) is 11.3 Å². The summed E-state index contributed by atoms with van der Waals surface area (Å²) in [5.41, 5.74) is 0.0813. The normalized spacial score (nSPS) is 13.2. The maximum absolute atomic E-state index is 13.8. The summed E-state index contributed by atoms with van der Waals surface area (Å²) >= 11 is 0. The fourth-order valence-electron chi connectivity index (χ4n) is 3.56. The molecular formula is C25H27F3N6O3. The molecule has 0 saturated heterocycles. The molecule has 0 atom stereocenters. The van der Waals surface area contributed by atoms with Crippen molar-refractivity contribution < 1.29 is 27.1 Å². The zero-order chi connectivity index (χ0) is 27.2. The van der Waals surface area contributed by atoms with Crippen LogP contribution in [0.5, 0.6) is 0 Å². The minimum absolute atomic E-state index is 0.0911. The Labute approximate surface area is 212 Å². The number of halogens is 3. The van der Waals surface area contributed by atoms with Gasteiger partial charge in [-0.1, -0.05) is 13.2 Å². The molecule has 0 saturated carbocycles. The molecule has 0 radical (unpaired) electrons. The van der Waals surface area contributed by atoms with Gasteiger partial charge in [0.05, 0.1) is 12.7 Å². The van der Waals surface area contributed by atoms with E-state index in [0.29, 0.717) is 55.0 Å². The highest BCUT2D eigenvalue weighted by Crippen LogP contribution is 2.38. The Morgan fingerprint density at radius 1 is 1.41 bits per heavy atom. The molecule has 0 spiro atoms. The van der Waals surface area contributed by atoms with Crippen LogP contribution in [0.3, 0.4) is 0 Å². The lowest BCUT2D eigenvalue weighted by Gasteiger charge is -2.25. The Morgan fingerprint density at radius 3 is 2.84 bits per heavy atom. The van der Waals surface area contributed by atoms with Gasteiger partial charge in [0.25, 0.3) is 0 Å². The van der Waals surface area contributed by atoms with Gasteiger partial charge in [-0.05, 0) is 18.2 Å². The predicted octanol–water partition coefficient (Wildman–Crippen LogP) is 4.13. The number of likely N-dealkylation sites (N-methyl/N-ethyl adjacent to an activating group) is 1. The molecule has 2 aromatic heterocycles. The molecule has 0 aliphatic carbocycles. The number of aromatic nitrogens is 2. The Balaban J connectivity index is 1.83. The number of allylic oxidation sites excluding steroid dienone is 2. The van der Waals surface area contributed by atoms with E-state index in [1.54, 1.807) is 25.3 Å². The standard InChI is InChI=1S/C25H27F3N6O3/c1-16(5-6-17(2)33(3)11-12-36-4)31-24-30-14-19(25(26,27)28)23(32-24)21-13-18-15-34(22(35)7-9-29)10-8-20(18)37-21/h5-6,13-14H,1-2,7-8,10-12,15H2,3-4H3,(H,30,31,32)/b6-5-. The van der Waals surface area contributed by atoms with Crippen LogP contribution in [0.2, 0.25) is 0 Å². The molecular weight excluding hydrogens is 489 g/mol. The van der Waals surface area contributed by atoms with Crippen molar-refractivity contribution >= 4 is 11.9 Å². The van der Waals surface area contributed by atoms with E-state index in [0.717, 1.165) is 0 Å². The molecule has 1 amide bonds. The van der Waals surface area contributed by atoms with Crippen molar-refractivity contribution in [3.63, 3.8) is 0 Å². The smallest absolute Gasteiger partial charge is 0.420 e. The fraction of sp³-hybridized carbons (Fsp3) is 0.360. The quantitative estimate of drug-likeness (QED) is 0.470. The van der Waals surface area contributed by atoms with Crippen molar-refractivity contribution in [2.75, 3.05) is 39.2 Å². The molecule has 37 heavy (non-hydrogen) atoms. The number of nitrogens with one attached hydrogen (secondary N) is 1. The molecule has 1 aliphatic heterocycles. The zero-order valence-corrected chi connectivity index (χ0v) is 20.6. The lowest BCUT2D eigenvalue weighted by atomic mass is 10.1. The summed E-state index contributed by atoms with van der Waals surface area (Å²) in [6.07, 6.45) is -0.704. The molecule has 0 fully saturated rings. The van der Waals surface area contributed by atoms with Crippen molar-refractivity contribution in [3.8, 4) is 17.5 Å². The highest BCUT2D eigenvalue weighted by atomic mass is 19.4. The molecule has 1 N–H and O–H groups in total. The minimum Gasteiger partial charge on any atom is -0.459 e. The summed E-state index contributed by atoms with van der Waals surface area (Å²) in [6.45, 7) is 9.38.